The highest BCUT2D eigenvalue weighted by Crippen LogP contribution is 2.44. The van der Waals surface area contributed by atoms with E-state index in [9.17, 15) is 4.79 Å². The first-order valence-electron chi connectivity index (χ1n) is 10.3. The minimum atomic E-state index is 0.0714. The second kappa shape index (κ2) is 6.86. The van der Waals surface area contributed by atoms with Gasteiger partial charge in [0.1, 0.15) is 0 Å². The molecule has 1 saturated heterocycles. The highest BCUT2D eigenvalue weighted by Gasteiger charge is 2.40. The number of carbonyl (C=O) groups is 1. The molecule has 5 heteroatoms. The third-order valence-corrected chi connectivity index (χ3v) is 6.95. The molecular weight excluding hydrogens is 336 g/mol. The quantitative estimate of drug-likeness (QED) is 0.903. The fraction of sp³-hybridized carbons (Fsp3) is 0.591. The lowest BCUT2D eigenvalue weighted by molar-refractivity contribution is 0.124. The largest absolute Gasteiger partial charge is 0.348 e. The lowest BCUT2D eigenvalue weighted by Gasteiger charge is -2.46. The number of benzene rings is 1. The Kier molecular flexibility index (Phi) is 4.66. The van der Waals surface area contributed by atoms with Gasteiger partial charge in [-0.25, -0.2) is 4.79 Å². The Hall–Kier alpha value is -2.01. The first kappa shape index (κ1) is 18.4. The fourth-order valence-corrected chi connectivity index (χ4v) is 5.34. The molecular formula is C22H32N4O. The Balaban J connectivity index is 1.66. The number of rotatable bonds is 3. The van der Waals surface area contributed by atoms with Crippen molar-refractivity contribution in [3.63, 3.8) is 0 Å². The number of carbonyl (C=O) groups excluding carboxylic acids is 1. The molecule has 0 radical (unpaired) electrons. The minimum absolute atomic E-state index is 0.0714. The average molecular weight is 369 g/mol. The second-order valence-corrected chi connectivity index (χ2v) is 8.24. The van der Waals surface area contributed by atoms with E-state index >= 15 is 0 Å². The molecule has 4 rings (SSSR count). The van der Waals surface area contributed by atoms with Crippen LogP contribution in [0.1, 0.15) is 43.0 Å². The van der Waals surface area contributed by atoms with Gasteiger partial charge in [-0.05, 0) is 57.9 Å². The van der Waals surface area contributed by atoms with Crippen molar-refractivity contribution < 1.29 is 4.79 Å². The molecule has 146 valence electrons. The van der Waals surface area contributed by atoms with Crippen molar-refractivity contribution in [2.75, 3.05) is 26.7 Å². The van der Waals surface area contributed by atoms with Gasteiger partial charge in [-0.2, -0.15) is 0 Å². The van der Waals surface area contributed by atoms with Crippen LogP contribution in [0.3, 0.4) is 0 Å². The Morgan fingerprint density at radius 3 is 2.70 bits per heavy atom. The number of nitrogens with one attached hydrogen (secondary N) is 1. The lowest BCUT2D eigenvalue weighted by atomic mass is 9.73. The predicted octanol–water partition coefficient (Wildman–Crippen LogP) is 3.25. The van der Waals surface area contributed by atoms with Crippen molar-refractivity contribution in [2.24, 2.45) is 7.05 Å². The number of fused-ring (bicyclic) bond motifs is 2. The zero-order valence-electron chi connectivity index (χ0n) is 17.2. The van der Waals surface area contributed by atoms with Crippen LogP contribution in [0.4, 0.5) is 4.79 Å². The molecule has 0 saturated carbocycles. The van der Waals surface area contributed by atoms with Crippen LogP contribution in [0.25, 0.3) is 10.9 Å². The van der Waals surface area contributed by atoms with Gasteiger partial charge in [-0.15, -0.1) is 0 Å². The Labute approximate surface area is 162 Å². The van der Waals surface area contributed by atoms with Gasteiger partial charge in [0.25, 0.3) is 0 Å². The Bertz CT molecular complexity index is 867. The van der Waals surface area contributed by atoms with E-state index < -0.39 is 0 Å². The molecule has 5 nitrogen and oxygen atoms in total. The van der Waals surface area contributed by atoms with Gasteiger partial charge < -0.3 is 19.7 Å². The van der Waals surface area contributed by atoms with Gasteiger partial charge in [-0.1, -0.05) is 12.1 Å². The summed E-state index contributed by atoms with van der Waals surface area (Å²) in [6.45, 7) is 8.74. The van der Waals surface area contributed by atoms with Crippen molar-refractivity contribution in [3.05, 3.63) is 35.0 Å². The van der Waals surface area contributed by atoms with Crippen molar-refractivity contribution >= 4 is 16.9 Å². The zero-order chi connectivity index (χ0) is 19.3. The summed E-state index contributed by atoms with van der Waals surface area (Å²) in [5, 5.41) is 4.76. The molecule has 2 amide bonds. The highest BCUT2D eigenvalue weighted by atomic mass is 16.2. The number of aromatic nitrogens is 1. The van der Waals surface area contributed by atoms with Gasteiger partial charge in [0, 0.05) is 61.3 Å². The van der Waals surface area contributed by atoms with Crippen molar-refractivity contribution in [2.45, 2.75) is 51.6 Å². The molecule has 1 fully saturated rings. The Morgan fingerprint density at radius 1 is 1.26 bits per heavy atom. The molecule has 2 aromatic rings. The maximum absolute atomic E-state index is 12.6. The molecule has 0 unspecified atom stereocenters. The zero-order valence-corrected chi connectivity index (χ0v) is 17.2. The maximum atomic E-state index is 12.6. The summed E-state index contributed by atoms with van der Waals surface area (Å²) in [5.41, 5.74) is 5.72. The van der Waals surface area contributed by atoms with E-state index in [-0.39, 0.29) is 12.1 Å². The number of hydrogen-bond donors (Lipinski definition) is 1. The van der Waals surface area contributed by atoms with E-state index in [2.05, 4.69) is 54.0 Å². The van der Waals surface area contributed by atoms with E-state index in [1.54, 1.807) is 0 Å². The number of hydrogen-bond acceptors (Lipinski definition) is 2. The monoisotopic (exact) mass is 368 g/mol. The normalized spacial score (nSPS) is 24.7. The first-order chi connectivity index (χ1) is 13.0. The molecule has 1 aliphatic heterocycles. The van der Waals surface area contributed by atoms with Gasteiger partial charge in [0.2, 0.25) is 0 Å². The van der Waals surface area contributed by atoms with E-state index in [4.69, 9.17) is 0 Å². The van der Waals surface area contributed by atoms with Crippen LogP contribution in [0, 0.1) is 6.92 Å². The number of piperidine rings is 1. The summed E-state index contributed by atoms with van der Waals surface area (Å²) in [7, 11) is 4.40. The summed E-state index contributed by atoms with van der Waals surface area (Å²) < 4.78 is 2.34. The van der Waals surface area contributed by atoms with E-state index in [1.165, 1.54) is 27.7 Å². The standard InChI is InChI=1S/C22H32N4O/c1-6-26(7-2)22(27)23-15-11-18-16-9-8-10-19-21(16)17(14(3)25(19)5)12-20(18)24(4)13-15/h8-10,15,18,20H,6-7,11-13H2,1-5H3,(H,23,27)/t15-,18+,20+/m0/s1. The van der Waals surface area contributed by atoms with Crippen molar-refractivity contribution in [1.29, 1.82) is 0 Å². The molecule has 0 bridgehead atoms. The van der Waals surface area contributed by atoms with E-state index in [0.29, 0.717) is 12.0 Å². The van der Waals surface area contributed by atoms with Crippen molar-refractivity contribution in [1.82, 2.24) is 19.7 Å². The van der Waals surface area contributed by atoms with Gasteiger partial charge in [-0.3, -0.25) is 0 Å². The first-order valence-corrected chi connectivity index (χ1v) is 10.3. The van der Waals surface area contributed by atoms with Gasteiger partial charge in [0.15, 0.2) is 0 Å². The summed E-state index contributed by atoms with van der Waals surface area (Å²) in [6, 6.07) is 7.53. The van der Waals surface area contributed by atoms with Crippen molar-refractivity contribution in [3.8, 4) is 0 Å². The number of urea groups is 1. The number of aryl methyl sites for hydroxylation is 1. The number of likely N-dealkylation sites (N-methyl/N-ethyl adjacent to an activating group) is 1. The molecule has 1 aliphatic carbocycles. The Morgan fingerprint density at radius 2 is 2.00 bits per heavy atom. The third-order valence-electron chi connectivity index (χ3n) is 6.95. The summed E-state index contributed by atoms with van der Waals surface area (Å²) in [6.07, 6.45) is 2.13. The smallest absolute Gasteiger partial charge is 0.317 e. The molecule has 2 aliphatic rings. The number of nitrogens with zero attached hydrogens (tertiary/aromatic N) is 3. The molecule has 1 aromatic carbocycles. The van der Waals surface area contributed by atoms with Crippen LogP contribution >= 0.6 is 0 Å². The fourth-order valence-electron chi connectivity index (χ4n) is 5.34. The van der Waals surface area contributed by atoms with Crippen LogP contribution in [-0.4, -0.2) is 59.2 Å². The van der Waals surface area contributed by atoms with Crippen LogP contribution < -0.4 is 5.32 Å². The minimum Gasteiger partial charge on any atom is -0.348 e. The number of amides is 2. The third kappa shape index (κ3) is 2.83. The van der Waals surface area contributed by atoms with Gasteiger partial charge >= 0.3 is 6.03 Å². The molecule has 1 aromatic heterocycles. The molecule has 27 heavy (non-hydrogen) atoms. The van der Waals surface area contributed by atoms with E-state index in [1.807, 2.05) is 18.7 Å². The van der Waals surface area contributed by atoms with E-state index in [0.717, 1.165) is 32.5 Å². The van der Waals surface area contributed by atoms with Crippen LogP contribution in [0.15, 0.2) is 18.2 Å². The van der Waals surface area contributed by atoms with Crippen LogP contribution in [-0.2, 0) is 13.5 Å². The molecule has 0 spiro atoms. The summed E-state index contributed by atoms with van der Waals surface area (Å²) in [5.74, 6) is 0.476. The molecule has 2 heterocycles. The topological polar surface area (TPSA) is 40.5 Å². The van der Waals surface area contributed by atoms with Crippen LogP contribution in [0.2, 0.25) is 0 Å². The summed E-state index contributed by atoms with van der Waals surface area (Å²) >= 11 is 0. The highest BCUT2D eigenvalue weighted by molar-refractivity contribution is 5.90. The molecule has 3 atom stereocenters. The molecule has 1 N–H and O–H groups in total. The second-order valence-electron chi connectivity index (χ2n) is 8.24. The van der Waals surface area contributed by atoms with Crippen LogP contribution in [0.5, 0.6) is 0 Å². The van der Waals surface area contributed by atoms with Gasteiger partial charge in [0.05, 0.1) is 0 Å². The predicted molar refractivity (Wildman–Crippen MR) is 110 cm³/mol. The maximum Gasteiger partial charge on any atom is 0.317 e. The number of likely N-dealkylation sites (tertiary alicyclic amines) is 1. The summed E-state index contributed by atoms with van der Waals surface area (Å²) in [4.78, 5) is 16.9. The lowest BCUT2D eigenvalue weighted by Crippen LogP contribution is -2.56. The SMILES string of the molecule is CCN(CC)C(=O)N[C@H]1C[C@@H]2c3cccc4c3c(c(C)n4C)C[C@H]2N(C)C1. The average Bonchev–Trinajstić information content (AvgIpc) is 2.90.